The molecule has 194 valence electrons. The molecule has 0 aromatic rings. The van der Waals surface area contributed by atoms with Crippen LogP contribution in [0.5, 0.6) is 0 Å². The zero-order chi connectivity index (χ0) is 26.2. The fourth-order valence-corrected chi connectivity index (χ4v) is 3.18. The van der Waals surface area contributed by atoms with Gasteiger partial charge in [-0.2, -0.15) is 0 Å². The Hall–Kier alpha value is -2.85. The van der Waals surface area contributed by atoms with E-state index in [1.165, 1.54) is 13.8 Å². The van der Waals surface area contributed by atoms with Gasteiger partial charge in [-0.25, -0.2) is 0 Å². The van der Waals surface area contributed by atoms with Crippen molar-refractivity contribution in [3.63, 3.8) is 0 Å². The molecule has 0 aromatic heterocycles. The predicted octanol–water partition coefficient (Wildman–Crippen LogP) is -4.33. The van der Waals surface area contributed by atoms with Gasteiger partial charge in [-0.15, -0.1) is 0 Å². The van der Waals surface area contributed by atoms with E-state index in [0.717, 1.165) is 6.92 Å². The first kappa shape index (κ1) is 29.2. The number of primary amides is 1. The number of hydrogen-bond acceptors (Lipinski definition) is 10. The topological polar surface area (TPSA) is 247 Å². The van der Waals surface area contributed by atoms with Gasteiger partial charge in [0.15, 0.2) is 6.29 Å². The average Bonchev–Trinajstić information content (AvgIpc) is 2.74. The second-order valence-corrected chi connectivity index (χ2v) is 7.83. The third-order valence-electron chi connectivity index (χ3n) is 5.03. The van der Waals surface area contributed by atoms with Crippen molar-refractivity contribution >= 4 is 29.6 Å². The largest absolute Gasteiger partial charge is 0.481 e. The molecule has 0 aromatic carbocycles. The first-order valence-electron chi connectivity index (χ1n) is 10.4. The number of carboxylic acids is 1. The van der Waals surface area contributed by atoms with Crippen molar-refractivity contribution in [2.45, 2.75) is 82.4 Å². The summed E-state index contributed by atoms with van der Waals surface area (Å²) in [6, 6.07) is -3.71. The van der Waals surface area contributed by atoms with Gasteiger partial charge in [0.05, 0.1) is 6.61 Å². The summed E-state index contributed by atoms with van der Waals surface area (Å²) in [5, 5.41) is 45.5. The van der Waals surface area contributed by atoms with Gasteiger partial charge >= 0.3 is 5.97 Å². The minimum atomic E-state index is -1.65. The Morgan fingerprint density at radius 2 is 1.71 bits per heavy atom. The molecule has 1 rings (SSSR count). The van der Waals surface area contributed by atoms with Crippen molar-refractivity contribution in [3.8, 4) is 0 Å². The zero-order valence-corrected chi connectivity index (χ0v) is 19.0. The Bertz CT molecular complexity index is 765. The van der Waals surface area contributed by atoms with Crippen LogP contribution in [0, 0.1) is 0 Å². The molecule has 34 heavy (non-hydrogen) atoms. The molecule has 9 N–H and O–H groups in total. The number of rotatable bonds is 12. The normalized spacial score (nSPS) is 27.1. The van der Waals surface area contributed by atoms with Crippen LogP contribution in [-0.4, -0.2) is 105 Å². The van der Waals surface area contributed by atoms with Gasteiger partial charge in [0, 0.05) is 13.3 Å². The van der Waals surface area contributed by atoms with E-state index in [9.17, 15) is 39.3 Å². The van der Waals surface area contributed by atoms with Crippen LogP contribution < -0.4 is 21.7 Å². The van der Waals surface area contributed by atoms with E-state index in [1.54, 1.807) is 0 Å². The van der Waals surface area contributed by atoms with Crippen LogP contribution in [0.2, 0.25) is 0 Å². The van der Waals surface area contributed by atoms with Crippen molar-refractivity contribution < 1.29 is 53.9 Å². The molecule has 1 aliphatic heterocycles. The monoisotopic (exact) mass is 492 g/mol. The van der Waals surface area contributed by atoms with Crippen molar-refractivity contribution in [1.82, 2.24) is 16.0 Å². The number of carbonyl (C=O) groups excluding carboxylic acids is 4. The number of carbonyl (C=O) groups is 5. The standard InChI is InChI=1S/C19H32N4O11/c1-7(17(30)23-10(16(20)29)4-5-12(26)27)21-18(31)8(2)33-15-13(22-9(3)25)19(32)34-11(6-24)14(15)28/h7-8,10-11,13-15,19,24,28,32H,4-6H2,1-3H3,(H2,20,29)(H,21,31)(H,22,25)(H,23,30)(H,26,27)/t7-,8+,10-,11+,13+,14+,15+,19+/m0/s1. The average molecular weight is 492 g/mol. The van der Waals surface area contributed by atoms with Crippen LogP contribution >= 0.6 is 0 Å². The molecule has 1 fully saturated rings. The summed E-state index contributed by atoms with van der Waals surface area (Å²) in [7, 11) is 0. The maximum absolute atomic E-state index is 12.5. The van der Waals surface area contributed by atoms with Crippen LogP contribution in [0.3, 0.4) is 0 Å². The number of ether oxygens (including phenoxy) is 2. The smallest absolute Gasteiger partial charge is 0.303 e. The van der Waals surface area contributed by atoms with E-state index in [1.807, 2.05) is 0 Å². The second kappa shape index (κ2) is 13.1. The lowest BCUT2D eigenvalue weighted by Gasteiger charge is -2.43. The van der Waals surface area contributed by atoms with E-state index in [-0.39, 0.29) is 6.42 Å². The zero-order valence-electron chi connectivity index (χ0n) is 19.0. The van der Waals surface area contributed by atoms with Crippen LogP contribution in [0.4, 0.5) is 0 Å². The summed E-state index contributed by atoms with van der Waals surface area (Å²) in [5.74, 6) is -4.34. The van der Waals surface area contributed by atoms with Crippen molar-refractivity contribution in [1.29, 1.82) is 0 Å². The molecule has 0 radical (unpaired) electrons. The molecule has 0 spiro atoms. The fourth-order valence-electron chi connectivity index (χ4n) is 3.18. The van der Waals surface area contributed by atoms with Gasteiger partial charge in [-0.3, -0.25) is 24.0 Å². The van der Waals surface area contributed by atoms with Gasteiger partial charge in [0.1, 0.15) is 42.5 Å². The number of nitrogens with two attached hydrogens (primary N) is 1. The van der Waals surface area contributed by atoms with Gasteiger partial charge < -0.3 is 51.6 Å². The van der Waals surface area contributed by atoms with Crippen LogP contribution in [0.1, 0.15) is 33.6 Å². The Morgan fingerprint density at radius 3 is 2.21 bits per heavy atom. The first-order valence-corrected chi connectivity index (χ1v) is 10.4. The third-order valence-corrected chi connectivity index (χ3v) is 5.03. The number of hydrogen-bond donors (Lipinski definition) is 8. The van der Waals surface area contributed by atoms with Crippen molar-refractivity contribution in [3.05, 3.63) is 0 Å². The van der Waals surface area contributed by atoms with Crippen molar-refractivity contribution in [2.24, 2.45) is 5.73 Å². The van der Waals surface area contributed by atoms with Gasteiger partial charge in [0.2, 0.25) is 23.6 Å². The molecule has 15 nitrogen and oxygen atoms in total. The molecule has 0 saturated carbocycles. The lowest BCUT2D eigenvalue weighted by Crippen LogP contribution is -2.65. The van der Waals surface area contributed by atoms with E-state index in [2.05, 4.69) is 16.0 Å². The lowest BCUT2D eigenvalue weighted by atomic mass is 9.96. The molecular weight excluding hydrogens is 460 g/mol. The summed E-state index contributed by atoms with van der Waals surface area (Å²) < 4.78 is 10.6. The van der Waals surface area contributed by atoms with Crippen LogP contribution in [0.15, 0.2) is 0 Å². The number of carboxylic acid groups (broad SMARTS) is 1. The molecule has 0 bridgehead atoms. The third kappa shape index (κ3) is 8.49. The first-order chi connectivity index (χ1) is 15.8. The molecule has 0 aliphatic carbocycles. The minimum absolute atomic E-state index is 0.239. The summed E-state index contributed by atoms with van der Waals surface area (Å²) in [6.45, 7) is 3.06. The fraction of sp³-hybridized carbons (Fsp3) is 0.737. The molecule has 8 atom stereocenters. The molecule has 15 heteroatoms. The summed E-state index contributed by atoms with van der Waals surface area (Å²) in [5.41, 5.74) is 5.16. The molecular formula is C19H32N4O11. The second-order valence-electron chi connectivity index (χ2n) is 7.83. The quantitative estimate of drug-likeness (QED) is 0.129. The number of nitrogens with one attached hydrogen (secondary N) is 3. The van der Waals surface area contributed by atoms with E-state index < -0.39 is 91.5 Å². The number of aliphatic hydroxyl groups is 3. The summed E-state index contributed by atoms with van der Waals surface area (Å²) in [6.07, 6.45) is -7.74. The highest BCUT2D eigenvalue weighted by Crippen LogP contribution is 2.23. The van der Waals surface area contributed by atoms with Gasteiger partial charge in [-0.1, -0.05) is 0 Å². The van der Waals surface area contributed by atoms with Gasteiger partial charge in [-0.05, 0) is 20.3 Å². The highest BCUT2D eigenvalue weighted by molar-refractivity contribution is 5.92. The van der Waals surface area contributed by atoms with E-state index in [0.29, 0.717) is 0 Å². The SMILES string of the molecule is CC(=O)N[C@@H]1[C@@H](O[C@H](C)C(=O)N[C@@H](C)C(=O)N[C@@H](CCC(=O)O)C(N)=O)[C@H](O)[C@@H](CO)O[C@H]1O. The van der Waals surface area contributed by atoms with Crippen LogP contribution in [0.25, 0.3) is 0 Å². The van der Waals surface area contributed by atoms with E-state index in [4.69, 9.17) is 20.3 Å². The Balaban J connectivity index is 2.80. The molecule has 1 aliphatic rings. The maximum Gasteiger partial charge on any atom is 0.303 e. The predicted molar refractivity (Wildman–Crippen MR) is 112 cm³/mol. The summed E-state index contributed by atoms with van der Waals surface area (Å²) in [4.78, 5) is 58.4. The highest BCUT2D eigenvalue weighted by atomic mass is 16.6. The Labute approximate surface area is 195 Å². The number of aliphatic carboxylic acids is 1. The lowest BCUT2D eigenvalue weighted by molar-refractivity contribution is -0.266. The Kier molecular flexibility index (Phi) is 11.3. The molecule has 4 amide bonds. The van der Waals surface area contributed by atoms with Crippen LogP contribution in [-0.2, 0) is 33.4 Å². The summed E-state index contributed by atoms with van der Waals surface area (Å²) >= 11 is 0. The molecule has 0 unspecified atom stereocenters. The molecule has 1 saturated heterocycles. The Morgan fingerprint density at radius 1 is 1.09 bits per heavy atom. The minimum Gasteiger partial charge on any atom is -0.481 e. The maximum atomic E-state index is 12.5. The number of amides is 4. The van der Waals surface area contributed by atoms with Crippen molar-refractivity contribution in [2.75, 3.05) is 6.61 Å². The van der Waals surface area contributed by atoms with Gasteiger partial charge in [0.25, 0.3) is 0 Å². The number of aliphatic hydroxyl groups excluding tert-OH is 3. The van der Waals surface area contributed by atoms with E-state index >= 15 is 0 Å². The molecule has 1 heterocycles. The highest BCUT2D eigenvalue weighted by Gasteiger charge is 2.47.